The van der Waals surface area contributed by atoms with Crippen LogP contribution in [0.2, 0.25) is 0 Å². The minimum Gasteiger partial charge on any atom is -0.355 e. The van der Waals surface area contributed by atoms with Crippen molar-refractivity contribution in [1.29, 1.82) is 0 Å². The maximum atomic E-state index is 12.8. The zero-order chi connectivity index (χ0) is 15.7. The lowest BCUT2D eigenvalue weighted by Gasteiger charge is -2.52. The Morgan fingerprint density at radius 2 is 1.86 bits per heavy atom. The lowest BCUT2D eigenvalue weighted by molar-refractivity contribution is -0.151. The van der Waals surface area contributed by atoms with Crippen LogP contribution in [0.5, 0.6) is 0 Å². The molecule has 6 nitrogen and oxygen atoms in total. The number of piperidine rings is 1. The molecule has 0 aromatic carbocycles. The number of anilines is 1. The van der Waals surface area contributed by atoms with Crippen LogP contribution < -0.4 is 4.90 Å². The van der Waals surface area contributed by atoms with Gasteiger partial charge < -0.3 is 9.80 Å². The predicted octanol–water partition coefficient (Wildman–Crippen LogP) is 0.918. The molecule has 3 heterocycles. The molecule has 0 radical (unpaired) electrons. The summed E-state index contributed by atoms with van der Waals surface area (Å²) >= 11 is 0. The molecule has 0 aliphatic carbocycles. The Morgan fingerprint density at radius 3 is 2.45 bits per heavy atom. The highest BCUT2D eigenvalue weighted by Gasteiger charge is 2.49. The first kappa shape index (κ1) is 15.2. The highest BCUT2D eigenvalue weighted by Crippen LogP contribution is 2.34. The number of piperazine rings is 1. The van der Waals surface area contributed by atoms with Gasteiger partial charge in [-0.05, 0) is 38.4 Å². The van der Waals surface area contributed by atoms with E-state index in [0.29, 0.717) is 0 Å². The van der Waals surface area contributed by atoms with Gasteiger partial charge in [-0.15, -0.1) is 5.10 Å². The summed E-state index contributed by atoms with van der Waals surface area (Å²) in [4.78, 5) is 19.3. The molecule has 2 fully saturated rings. The van der Waals surface area contributed by atoms with Gasteiger partial charge in [0.25, 0.3) is 0 Å². The van der Waals surface area contributed by atoms with E-state index in [4.69, 9.17) is 0 Å². The molecule has 1 amide bonds. The van der Waals surface area contributed by atoms with Crippen molar-refractivity contribution in [3.63, 3.8) is 0 Å². The fourth-order valence-corrected chi connectivity index (χ4v) is 3.73. The third-order valence-electron chi connectivity index (χ3n) is 5.14. The van der Waals surface area contributed by atoms with Gasteiger partial charge in [-0.1, -0.05) is 6.92 Å². The monoisotopic (exact) mass is 303 g/mol. The number of likely N-dealkylation sites (N-methyl/N-ethyl adjacent to an activating group) is 2. The number of carbonyl (C=O) groups excluding carboxylic acids is 1. The van der Waals surface area contributed by atoms with Gasteiger partial charge in [0.15, 0.2) is 5.82 Å². The zero-order valence-corrected chi connectivity index (χ0v) is 13.7. The Hall–Kier alpha value is -1.69. The van der Waals surface area contributed by atoms with Gasteiger partial charge in [0, 0.05) is 33.2 Å². The van der Waals surface area contributed by atoms with Crippen molar-refractivity contribution in [2.45, 2.75) is 32.2 Å². The fraction of sp³-hybridized carbons (Fsp3) is 0.688. The van der Waals surface area contributed by atoms with Crippen LogP contribution in [0.15, 0.2) is 12.1 Å². The number of hydrogen-bond acceptors (Lipinski definition) is 5. The minimum absolute atomic E-state index is 0.287. The van der Waals surface area contributed by atoms with Crippen LogP contribution in [0.4, 0.5) is 5.82 Å². The molecule has 0 atom stereocenters. The maximum Gasteiger partial charge on any atom is 0.243 e. The maximum absolute atomic E-state index is 12.8. The second-order valence-electron chi connectivity index (χ2n) is 6.36. The van der Waals surface area contributed by atoms with Crippen LogP contribution in [-0.4, -0.2) is 71.2 Å². The predicted molar refractivity (Wildman–Crippen MR) is 85.8 cm³/mol. The lowest BCUT2D eigenvalue weighted by atomic mass is 9.82. The first-order chi connectivity index (χ1) is 10.6. The van der Waals surface area contributed by atoms with E-state index in [1.54, 1.807) is 0 Å². The van der Waals surface area contributed by atoms with E-state index in [1.807, 2.05) is 31.0 Å². The van der Waals surface area contributed by atoms with Crippen molar-refractivity contribution in [1.82, 2.24) is 20.0 Å². The van der Waals surface area contributed by atoms with Crippen molar-refractivity contribution >= 4 is 11.7 Å². The van der Waals surface area contributed by atoms with Gasteiger partial charge in [-0.3, -0.25) is 9.69 Å². The number of nitrogens with zero attached hydrogens (tertiary/aromatic N) is 5. The molecule has 1 aromatic heterocycles. The number of aryl methyl sites for hydroxylation is 1. The molecule has 2 aliphatic rings. The Kier molecular flexibility index (Phi) is 4.04. The van der Waals surface area contributed by atoms with Gasteiger partial charge in [-0.25, -0.2) is 0 Å². The Balaban J connectivity index is 1.76. The van der Waals surface area contributed by atoms with Gasteiger partial charge in [-0.2, -0.15) is 5.10 Å². The van der Waals surface area contributed by atoms with Gasteiger partial charge in [0.1, 0.15) is 5.54 Å². The second-order valence-corrected chi connectivity index (χ2v) is 6.36. The summed E-state index contributed by atoms with van der Waals surface area (Å²) < 4.78 is 0. The summed E-state index contributed by atoms with van der Waals surface area (Å²) in [5.74, 6) is 1.20. The van der Waals surface area contributed by atoms with Crippen LogP contribution in [0.25, 0.3) is 0 Å². The molecule has 6 heteroatoms. The third-order valence-corrected chi connectivity index (χ3v) is 5.14. The van der Waals surface area contributed by atoms with E-state index in [0.717, 1.165) is 57.1 Å². The molecular weight excluding hydrogens is 278 g/mol. The van der Waals surface area contributed by atoms with Crippen LogP contribution in [-0.2, 0) is 4.79 Å². The Bertz CT molecular complexity index is 536. The lowest BCUT2D eigenvalue weighted by Crippen LogP contribution is -2.68. The van der Waals surface area contributed by atoms with Crippen LogP contribution >= 0.6 is 0 Å². The van der Waals surface area contributed by atoms with E-state index in [1.165, 1.54) is 0 Å². The molecular formula is C16H25N5O. The number of rotatable bonds is 2. The topological polar surface area (TPSA) is 52.6 Å². The van der Waals surface area contributed by atoms with Crippen molar-refractivity contribution in [3.05, 3.63) is 17.8 Å². The quantitative estimate of drug-likeness (QED) is 0.813. The average molecular weight is 303 g/mol. The van der Waals surface area contributed by atoms with Gasteiger partial charge >= 0.3 is 0 Å². The fourth-order valence-electron chi connectivity index (χ4n) is 3.73. The largest absolute Gasteiger partial charge is 0.355 e. The highest BCUT2D eigenvalue weighted by atomic mass is 16.2. The highest BCUT2D eigenvalue weighted by molar-refractivity contribution is 5.87. The summed E-state index contributed by atoms with van der Waals surface area (Å²) in [6, 6.07) is 4.01. The second kappa shape index (κ2) is 5.83. The van der Waals surface area contributed by atoms with Crippen molar-refractivity contribution in [3.8, 4) is 0 Å². The molecule has 1 aromatic rings. The zero-order valence-electron chi connectivity index (χ0n) is 13.7. The number of hydrogen-bond donors (Lipinski definition) is 0. The van der Waals surface area contributed by atoms with E-state index >= 15 is 0 Å². The Morgan fingerprint density at radius 1 is 1.14 bits per heavy atom. The summed E-state index contributed by atoms with van der Waals surface area (Å²) in [5, 5.41) is 8.41. The summed E-state index contributed by atoms with van der Waals surface area (Å²) in [6.45, 7) is 8.55. The van der Waals surface area contributed by atoms with E-state index in [9.17, 15) is 4.79 Å². The van der Waals surface area contributed by atoms with Crippen molar-refractivity contribution < 1.29 is 4.79 Å². The first-order valence-corrected chi connectivity index (χ1v) is 8.13. The molecule has 2 saturated heterocycles. The van der Waals surface area contributed by atoms with Crippen LogP contribution in [0.3, 0.4) is 0 Å². The number of amides is 1. The van der Waals surface area contributed by atoms with Crippen LogP contribution in [0, 0.1) is 6.92 Å². The summed E-state index contributed by atoms with van der Waals surface area (Å²) in [6.07, 6.45) is 1.72. The molecule has 22 heavy (non-hydrogen) atoms. The van der Waals surface area contributed by atoms with Gasteiger partial charge in [0.05, 0.1) is 5.69 Å². The van der Waals surface area contributed by atoms with E-state index in [2.05, 4.69) is 26.9 Å². The number of carbonyl (C=O) groups is 1. The average Bonchev–Trinajstić information content (AvgIpc) is 2.55. The molecule has 1 spiro atoms. The molecule has 2 aliphatic heterocycles. The van der Waals surface area contributed by atoms with E-state index < -0.39 is 0 Å². The first-order valence-electron chi connectivity index (χ1n) is 8.13. The normalized spacial score (nSPS) is 22.4. The third kappa shape index (κ3) is 2.45. The minimum atomic E-state index is -0.309. The molecule has 0 unspecified atom stereocenters. The molecule has 0 saturated carbocycles. The smallest absolute Gasteiger partial charge is 0.243 e. The summed E-state index contributed by atoms with van der Waals surface area (Å²) in [5.41, 5.74) is 0.620. The summed E-state index contributed by atoms with van der Waals surface area (Å²) in [7, 11) is 1.93. The number of aromatic nitrogens is 2. The van der Waals surface area contributed by atoms with E-state index in [-0.39, 0.29) is 11.4 Å². The molecule has 0 bridgehead atoms. The van der Waals surface area contributed by atoms with Crippen molar-refractivity contribution in [2.75, 3.05) is 44.7 Å². The van der Waals surface area contributed by atoms with Crippen molar-refractivity contribution in [2.24, 2.45) is 0 Å². The molecule has 120 valence electrons. The molecule has 3 rings (SSSR count). The van der Waals surface area contributed by atoms with Gasteiger partial charge in [0.2, 0.25) is 5.91 Å². The van der Waals surface area contributed by atoms with Crippen LogP contribution in [0.1, 0.15) is 25.5 Å². The standard InChI is InChI=1S/C16H25N5O/c1-4-21-12-11-19(3)15(22)16(21)7-9-20(10-8-16)14-6-5-13(2)17-18-14/h5-6H,4,7-12H2,1-3H3. The SMILES string of the molecule is CCN1CCN(C)C(=O)C12CCN(c1ccc(C)nn1)CC2. The Labute approximate surface area is 132 Å². The molecule has 0 N–H and O–H groups in total.